The molecule has 21 heavy (non-hydrogen) atoms. The van der Waals surface area contributed by atoms with Gasteiger partial charge in [0.15, 0.2) is 0 Å². The maximum atomic E-state index is 14.2. The molecule has 1 N–H and O–H groups in total. The van der Waals surface area contributed by atoms with Gasteiger partial charge in [-0.15, -0.1) is 0 Å². The molecule has 0 spiro atoms. The molecule has 0 aliphatic rings. The lowest BCUT2D eigenvalue weighted by Gasteiger charge is -2.14. The van der Waals surface area contributed by atoms with E-state index in [1.165, 1.54) is 12.3 Å². The number of carbonyl (C=O) groups is 1. The Bertz CT molecular complexity index is 676. The lowest BCUT2D eigenvalue weighted by atomic mass is 10.1. The zero-order valence-electron chi connectivity index (χ0n) is 11.9. The number of fused-ring (bicyclic) bond motifs is 1. The molecule has 0 unspecified atom stereocenters. The van der Waals surface area contributed by atoms with Crippen molar-refractivity contribution in [1.82, 2.24) is 4.98 Å². The van der Waals surface area contributed by atoms with Gasteiger partial charge >= 0.3 is 5.97 Å². The fraction of sp³-hybridized carbons (Fsp3) is 0.333. The van der Waals surface area contributed by atoms with Gasteiger partial charge in [-0.2, -0.15) is 0 Å². The number of hydrogen-bond acceptors (Lipinski definition) is 4. The molecule has 1 aromatic carbocycles. The molecule has 0 fully saturated rings. The van der Waals surface area contributed by atoms with Crippen molar-refractivity contribution in [2.75, 3.05) is 18.5 Å². The van der Waals surface area contributed by atoms with Crippen LogP contribution in [-0.4, -0.2) is 24.1 Å². The van der Waals surface area contributed by atoms with Gasteiger partial charge in [0.05, 0.1) is 23.2 Å². The third kappa shape index (κ3) is 3.15. The second-order valence-electron chi connectivity index (χ2n) is 4.45. The normalized spacial score (nSPS) is 10.7. The molecular weight excluding hydrogens is 339 g/mol. The summed E-state index contributed by atoms with van der Waals surface area (Å²) in [5, 5.41) is 3.41. The molecule has 0 radical (unpaired) electrons. The topological polar surface area (TPSA) is 51.2 Å². The summed E-state index contributed by atoms with van der Waals surface area (Å²) >= 11 is 3.35. The van der Waals surface area contributed by atoms with Gasteiger partial charge in [-0.25, -0.2) is 9.18 Å². The van der Waals surface area contributed by atoms with Crippen molar-refractivity contribution < 1.29 is 13.9 Å². The van der Waals surface area contributed by atoms with Crippen molar-refractivity contribution in [2.45, 2.75) is 20.3 Å². The van der Waals surface area contributed by atoms with E-state index < -0.39 is 11.8 Å². The third-order valence-electron chi connectivity index (χ3n) is 2.97. The zero-order valence-corrected chi connectivity index (χ0v) is 13.5. The SMILES string of the molecule is CCCNc1c(C(=O)OCC)cnc2c(Br)ccc(F)c12. The van der Waals surface area contributed by atoms with Gasteiger partial charge in [-0.3, -0.25) is 4.98 Å². The van der Waals surface area contributed by atoms with Gasteiger partial charge in [0.2, 0.25) is 0 Å². The van der Waals surface area contributed by atoms with Gasteiger partial charge in [-0.1, -0.05) is 6.92 Å². The molecule has 0 saturated heterocycles. The molecule has 2 aromatic rings. The standard InChI is InChI=1S/C15H16BrFN2O2/c1-3-7-18-13-9(15(20)21-4-2)8-19-14-10(16)5-6-11(17)12(13)14/h5-6,8H,3-4,7H2,1-2H3,(H,18,19). The summed E-state index contributed by atoms with van der Waals surface area (Å²) < 4.78 is 19.9. The molecule has 6 heteroatoms. The lowest BCUT2D eigenvalue weighted by Crippen LogP contribution is -2.12. The molecule has 2 rings (SSSR count). The molecular formula is C15H16BrFN2O2. The van der Waals surface area contributed by atoms with Crippen molar-refractivity contribution in [3.05, 3.63) is 34.2 Å². The molecule has 0 saturated carbocycles. The minimum Gasteiger partial charge on any atom is -0.462 e. The van der Waals surface area contributed by atoms with Crippen LogP contribution in [0.15, 0.2) is 22.8 Å². The van der Waals surface area contributed by atoms with Crippen LogP contribution in [0.1, 0.15) is 30.6 Å². The Balaban J connectivity index is 2.69. The Labute approximate surface area is 130 Å². The largest absolute Gasteiger partial charge is 0.462 e. The Kier molecular flexibility index (Phi) is 5.12. The van der Waals surface area contributed by atoms with E-state index in [2.05, 4.69) is 26.2 Å². The second kappa shape index (κ2) is 6.85. The van der Waals surface area contributed by atoms with Crippen LogP contribution in [-0.2, 0) is 4.74 Å². The monoisotopic (exact) mass is 354 g/mol. The van der Waals surface area contributed by atoms with E-state index in [9.17, 15) is 9.18 Å². The van der Waals surface area contributed by atoms with E-state index >= 15 is 0 Å². The molecule has 1 heterocycles. The van der Waals surface area contributed by atoms with Gasteiger partial charge in [-0.05, 0) is 41.4 Å². The number of carbonyl (C=O) groups excluding carboxylic acids is 1. The summed E-state index contributed by atoms with van der Waals surface area (Å²) in [5.74, 6) is -0.935. The summed E-state index contributed by atoms with van der Waals surface area (Å²) in [6, 6.07) is 2.94. The van der Waals surface area contributed by atoms with Gasteiger partial charge in [0.25, 0.3) is 0 Å². The highest BCUT2D eigenvalue weighted by molar-refractivity contribution is 9.10. The van der Waals surface area contributed by atoms with E-state index in [1.54, 1.807) is 13.0 Å². The van der Waals surface area contributed by atoms with Gasteiger partial charge < -0.3 is 10.1 Å². The predicted molar refractivity (Wildman–Crippen MR) is 84.1 cm³/mol. The molecule has 0 aliphatic carbocycles. The summed E-state index contributed by atoms with van der Waals surface area (Å²) in [7, 11) is 0. The van der Waals surface area contributed by atoms with Crippen molar-refractivity contribution >= 4 is 38.5 Å². The van der Waals surface area contributed by atoms with Crippen LogP contribution in [0.5, 0.6) is 0 Å². The first-order valence-corrected chi connectivity index (χ1v) is 7.57. The quantitative estimate of drug-likeness (QED) is 0.820. The first-order valence-electron chi connectivity index (χ1n) is 6.77. The van der Waals surface area contributed by atoms with Crippen molar-refractivity contribution in [3.8, 4) is 0 Å². The van der Waals surface area contributed by atoms with Crippen molar-refractivity contribution in [1.29, 1.82) is 0 Å². The van der Waals surface area contributed by atoms with Crippen LogP contribution in [0.4, 0.5) is 10.1 Å². The minimum atomic E-state index is -0.509. The number of anilines is 1. The highest BCUT2D eigenvalue weighted by atomic mass is 79.9. The zero-order chi connectivity index (χ0) is 15.4. The average molecular weight is 355 g/mol. The summed E-state index contributed by atoms with van der Waals surface area (Å²) in [5.41, 5.74) is 1.15. The number of halogens is 2. The maximum Gasteiger partial charge on any atom is 0.341 e. The van der Waals surface area contributed by atoms with E-state index in [4.69, 9.17) is 4.74 Å². The molecule has 1 aromatic heterocycles. The van der Waals surface area contributed by atoms with Crippen LogP contribution in [0.25, 0.3) is 10.9 Å². The Morgan fingerprint density at radius 3 is 2.86 bits per heavy atom. The van der Waals surface area contributed by atoms with Crippen LogP contribution in [0.2, 0.25) is 0 Å². The Morgan fingerprint density at radius 2 is 2.19 bits per heavy atom. The number of aromatic nitrogens is 1. The molecule has 0 aliphatic heterocycles. The van der Waals surface area contributed by atoms with Gasteiger partial charge in [0, 0.05) is 17.2 Å². The molecule has 4 nitrogen and oxygen atoms in total. The summed E-state index contributed by atoms with van der Waals surface area (Å²) in [4.78, 5) is 16.2. The van der Waals surface area contributed by atoms with Crippen molar-refractivity contribution in [3.63, 3.8) is 0 Å². The van der Waals surface area contributed by atoms with E-state index in [1.807, 2.05) is 6.92 Å². The molecule has 0 atom stereocenters. The van der Waals surface area contributed by atoms with Gasteiger partial charge in [0.1, 0.15) is 11.4 Å². The number of nitrogens with one attached hydrogen (secondary N) is 1. The smallest absolute Gasteiger partial charge is 0.341 e. The predicted octanol–water partition coefficient (Wildman–Crippen LogP) is 4.14. The lowest BCUT2D eigenvalue weighted by molar-refractivity contribution is 0.0527. The van der Waals surface area contributed by atoms with Crippen LogP contribution >= 0.6 is 15.9 Å². The van der Waals surface area contributed by atoms with E-state index in [-0.39, 0.29) is 12.2 Å². The highest BCUT2D eigenvalue weighted by Crippen LogP contribution is 2.33. The fourth-order valence-electron chi connectivity index (χ4n) is 2.03. The van der Waals surface area contributed by atoms with Crippen LogP contribution in [0, 0.1) is 5.82 Å². The Hall–Kier alpha value is -1.69. The number of ether oxygens (including phenoxy) is 1. The Morgan fingerprint density at radius 1 is 1.43 bits per heavy atom. The van der Waals surface area contributed by atoms with Crippen molar-refractivity contribution in [2.24, 2.45) is 0 Å². The highest BCUT2D eigenvalue weighted by Gasteiger charge is 2.19. The number of esters is 1. The first-order chi connectivity index (χ1) is 10.1. The average Bonchev–Trinajstić information content (AvgIpc) is 2.48. The number of rotatable bonds is 5. The first kappa shape index (κ1) is 15.7. The molecule has 0 amide bonds. The number of nitrogens with zero attached hydrogens (tertiary/aromatic N) is 1. The van der Waals surface area contributed by atoms with E-state index in [0.29, 0.717) is 27.6 Å². The molecule has 0 bridgehead atoms. The fourth-order valence-corrected chi connectivity index (χ4v) is 2.46. The number of benzene rings is 1. The number of pyridine rings is 1. The number of hydrogen-bond donors (Lipinski definition) is 1. The van der Waals surface area contributed by atoms with Crippen LogP contribution in [0.3, 0.4) is 0 Å². The minimum absolute atomic E-state index is 0.245. The maximum absolute atomic E-state index is 14.2. The summed E-state index contributed by atoms with van der Waals surface area (Å²) in [6.07, 6.45) is 2.27. The van der Waals surface area contributed by atoms with Crippen LogP contribution < -0.4 is 5.32 Å². The molecule has 112 valence electrons. The van der Waals surface area contributed by atoms with E-state index in [0.717, 1.165) is 6.42 Å². The summed E-state index contributed by atoms with van der Waals surface area (Å²) in [6.45, 7) is 4.60. The third-order valence-corrected chi connectivity index (χ3v) is 3.61. The second-order valence-corrected chi connectivity index (χ2v) is 5.30.